The molecule has 0 aromatic carbocycles. The van der Waals surface area contributed by atoms with Crippen LogP contribution in [0, 0.1) is 0 Å². The zero-order chi connectivity index (χ0) is 13.5. The Kier molecular flexibility index (Phi) is 5.15. The third kappa shape index (κ3) is 4.21. The highest BCUT2D eigenvalue weighted by Crippen LogP contribution is 2.13. The third-order valence-electron chi connectivity index (χ3n) is 3.03. The third-order valence-corrected chi connectivity index (χ3v) is 3.03. The van der Waals surface area contributed by atoms with Crippen molar-refractivity contribution in [1.82, 2.24) is 15.2 Å². The van der Waals surface area contributed by atoms with Crippen molar-refractivity contribution < 1.29 is 0 Å². The maximum absolute atomic E-state index is 4.53. The molecule has 0 bridgehead atoms. The summed E-state index contributed by atoms with van der Waals surface area (Å²) in [6.07, 6.45) is 4.03. The molecule has 1 aromatic heterocycles. The van der Waals surface area contributed by atoms with Gasteiger partial charge in [-0.15, -0.1) is 0 Å². The minimum atomic E-state index is 0.900. The van der Waals surface area contributed by atoms with Crippen molar-refractivity contribution in [2.24, 2.45) is 4.99 Å². The molecule has 19 heavy (non-hydrogen) atoms. The van der Waals surface area contributed by atoms with Gasteiger partial charge in [0.25, 0.3) is 0 Å². The van der Waals surface area contributed by atoms with E-state index >= 15 is 0 Å². The zero-order valence-corrected chi connectivity index (χ0v) is 11.8. The van der Waals surface area contributed by atoms with Crippen LogP contribution in [0.5, 0.6) is 0 Å². The maximum atomic E-state index is 4.53. The Bertz CT molecular complexity index is 428. The Balaban J connectivity index is 1.98. The summed E-state index contributed by atoms with van der Waals surface area (Å²) in [5.41, 5.74) is 1.08. The Morgan fingerprint density at radius 1 is 1.42 bits per heavy atom. The zero-order valence-electron chi connectivity index (χ0n) is 11.8. The number of aliphatic imine (C=N–C) groups is 1. The summed E-state index contributed by atoms with van der Waals surface area (Å²) in [5.74, 6) is 1.89. The van der Waals surface area contributed by atoms with Gasteiger partial charge in [-0.05, 0) is 45.6 Å². The predicted molar refractivity (Wildman–Crippen MR) is 79.9 cm³/mol. The standard InChI is InChI=1S/C14H23N5/c1-19(2)11-5-10-18-13-12(6-3-7-15-13)14-16-8-4-9-17-14/h3,6-7H,4-5,8-11H2,1-2H3,(H,15,18)(H,16,17). The Labute approximate surface area is 115 Å². The van der Waals surface area contributed by atoms with E-state index in [9.17, 15) is 0 Å². The molecule has 5 nitrogen and oxygen atoms in total. The first-order chi connectivity index (χ1) is 9.27. The van der Waals surface area contributed by atoms with Gasteiger partial charge in [-0.3, -0.25) is 4.99 Å². The molecule has 2 N–H and O–H groups in total. The summed E-state index contributed by atoms with van der Waals surface area (Å²) in [6.45, 7) is 3.90. The molecular weight excluding hydrogens is 238 g/mol. The van der Waals surface area contributed by atoms with Crippen LogP contribution in [0.25, 0.3) is 0 Å². The van der Waals surface area contributed by atoms with Gasteiger partial charge >= 0.3 is 0 Å². The fraction of sp³-hybridized carbons (Fsp3) is 0.571. The second kappa shape index (κ2) is 7.09. The molecule has 5 heteroatoms. The highest BCUT2D eigenvalue weighted by Gasteiger charge is 2.11. The number of pyridine rings is 1. The van der Waals surface area contributed by atoms with Crippen LogP contribution in [0.4, 0.5) is 5.82 Å². The van der Waals surface area contributed by atoms with Crippen molar-refractivity contribution >= 4 is 11.7 Å². The van der Waals surface area contributed by atoms with E-state index in [2.05, 4.69) is 45.7 Å². The lowest BCUT2D eigenvalue weighted by molar-refractivity contribution is 0.405. The average Bonchev–Trinajstić information content (AvgIpc) is 2.45. The highest BCUT2D eigenvalue weighted by atomic mass is 15.1. The smallest absolute Gasteiger partial charge is 0.136 e. The fourth-order valence-corrected chi connectivity index (χ4v) is 2.05. The van der Waals surface area contributed by atoms with Gasteiger partial charge in [0.15, 0.2) is 0 Å². The van der Waals surface area contributed by atoms with E-state index in [0.29, 0.717) is 0 Å². The van der Waals surface area contributed by atoms with E-state index in [1.165, 1.54) is 0 Å². The monoisotopic (exact) mass is 261 g/mol. The van der Waals surface area contributed by atoms with Crippen LogP contribution in [0.3, 0.4) is 0 Å². The Morgan fingerprint density at radius 2 is 2.32 bits per heavy atom. The SMILES string of the molecule is CN(C)CCCNc1ncccc1C1=NCCCN1. The second-order valence-corrected chi connectivity index (χ2v) is 4.99. The molecule has 0 radical (unpaired) electrons. The molecule has 0 saturated heterocycles. The van der Waals surface area contributed by atoms with Crippen LogP contribution in [-0.2, 0) is 0 Å². The molecule has 0 atom stereocenters. The lowest BCUT2D eigenvalue weighted by Crippen LogP contribution is -2.31. The highest BCUT2D eigenvalue weighted by molar-refractivity contribution is 6.03. The summed E-state index contributed by atoms with van der Waals surface area (Å²) < 4.78 is 0. The number of amidine groups is 1. The van der Waals surface area contributed by atoms with Crippen LogP contribution in [0.1, 0.15) is 18.4 Å². The van der Waals surface area contributed by atoms with Crippen molar-refractivity contribution in [3.05, 3.63) is 23.9 Å². The number of nitrogens with zero attached hydrogens (tertiary/aromatic N) is 3. The molecule has 1 aromatic rings. The Morgan fingerprint density at radius 3 is 3.05 bits per heavy atom. The van der Waals surface area contributed by atoms with Gasteiger partial charge in [0.05, 0.1) is 5.56 Å². The topological polar surface area (TPSA) is 52.5 Å². The fourth-order valence-electron chi connectivity index (χ4n) is 2.05. The first-order valence-electron chi connectivity index (χ1n) is 6.89. The molecule has 0 aliphatic carbocycles. The molecular formula is C14H23N5. The molecule has 2 rings (SSSR count). The first kappa shape index (κ1) is 13.8. The number of rotatable bonds is 6. The van der Waals surface area contributed by atoms with E-state index in [4.69, 9.17) is 0 Å². The molecule has 104 valence electrons. The van der Waals surface area contributed by atoms with Crippen LogP contribution < -0.4 is 10.6 Å². The molecule has 1 aliphatic heterocycles. The lowest BCUT2D eigenvalue weighted by Gasteiger charge is -2.17. The summed E-state index contributed by atoms with van der Waals surface area (Å²) in [7, 11) is 4.18. The van der Waals surface area contributed by atoms with Crippen LogP contribution in [0.15, 0.2) is 23.3 Å². The van der Waals surface area contributed by atoms with Crippen molar-refractivity contribution in [1.29, 1.82) is 0 Å². The van der Waals surface area contributed by atoms with Gasteiger partial charge in [-0.1, -0.05) is 0 Å². The summed E-state index contributed by atoms with van der Waals surface area (Å²) in [6, 6.07) is 4.03. The van der Waals surface area contributed by atoms with Gasteiger partial charge in [-0.2, -0.15) is 0 Å². The van der Waals surface area contributed by atoms with E-state index in [0.717, 1.165) is 56.2 Å². The van der Waals surface area contributed by atoms with E-state index in [1.807, 2.05) is 12.3 Å². The largest absolute Gasteiger partial charge is 0.370 e. The molecule has 0 amide bonds. The number of nitrogens with one attached hydrogen (secondary N) is 2. The molecule has 0 unspecified atom stereocenters. The number of aromatic nitrogens is 1. The Hall–Kier alpha value is -1.62. The normalized spacial score (nSPS) is 15.0. The van der Waals surface area contributed by atoms with E-state index in [1.54, 1.807) is 0 Å². The quantitative estimate of drug-likeness (QED) is 0.755. The van der Waals surface area contributed by atoms with Crippen molar-refractivity contribution in [2.75, 3.05) is 45.6 Å². The van der Waals surface area contributed by atoms with Crippen LogP contribution in [-0.4, -0.2) is 56.0 Å². The summed E-state index contributed by atoms with van der Waals surface area (Å²) in [4.78, 5) is 11.1. The summed E-state index contributed by atoms with van der Waals surface area (Å²) in [5, 5.41) is 6.75. The van der Waals surface area contributed by atoms with Gasteiger partial charge in [0, 0.05) is 25.8 Å². The molecule has 0 spiro atoms. The molecule has 0 saturated carbocycles. The van der Waals surface area contributed by atoms with Crippen LogP contribution >= 0.6 is 0 Å². The van der Waals surface area contributed by atoms with E-state index < -0.39 is 0 Å². The van der Waals surface area contributed by atoms with E-state index in [-0.39, 0.29) is 0 Å². The second-order valence-electron chi connectivity index (χ2n) is 4.99. The van der Waals surface area contributed by atoms with Crippen molar-refractivity contribution in [2.45, 2.75) is 12.8 Å². The van der Waals surface area contributed by atoms with Gasteiger partial charge in [0.2, 0.25) is 0 Å². The molecule has 0 fully saturated rings. The van der Waals surface area contributed by atoms with Crippen molar-refractivity contribution in [3.63, 3.8) is 0 Å². The average molecular weight is 261 g/mol. The maximum Gasteiger partial charge on any atom is 0.136 e. The summed E-state index contributed by atoms with van der Waals surface area (Å²) >= 11 is 0. The van der Waals surface area contributed by atoms with Gasteiger partial charge in [0.1, 0.15) is 11.7 Å². The minimum absolute atomic E-state index is 0.900. The number of hydrogen-bond donors (Lipinski definition) is 2. The molecule has 2 heterocycles. The minimum Gasteiger partial charge on any atom is -0.370 e. The predicted octanol–water partition coefficient (Wildman–Crippen LogP) is 1.19. The van der Waals surface area contributed by atoms with Crippen molar-refractivity contribution in [3.8, 4) is 0 Å². The number of hydrogen-bond acceptors (Lipinski definition) is 5. The number of anilines is 1. The van der Waals surface area contributed by atoms with Gasteiger partial charge in [-0.25, -0.2) is 4.98 Å². The first-order valence-corrected chi connectivity index (χ1v) is 6.89. The van der Waals surface area contributed by atoms with Crippen LogP contribution in [0.2, 0.25) is 0 Å². The van der Waals surface area contributed by atoms with Gasteiger partial charge < -0.3 is 15.5 Å². The molecule has 1 aliphatic rings. The lowest BCUT2D eigenvalue weighted by atomic mass is 10.2.